The van der Waals surface area contributed by atoms with Crippen LogP contribution in [-0.2, 0) is 6.42 Å². The van der Waals surface area contributed by atoms with Gasteiger partial charge in [0.25, 0.3) is 0 Å². The van der Waals surface area contributed by atoms with Gasteiger partial charge in [-0.2, -0.15) is 0 Å². The normalized spacial score (nSPS) is 12.4. The van der Waals surface area contributed by atoms with Crippen molar-refractivity contribution in [1.29, 1.82) is 0 Å². The molecule has 0 aliphatic carbocycles. The average molecular weight is 303 g/mol. The average Bonchev–Trinajstić information content (AvgIpc) is 2.76. The third-order valence-electron chi connectivity index (χ3n) is 2.60. The molecule has 0 saturated heterocycles. The Morgan fingerprint density at radius 3 is 2.72 bits per heavy atom. The fourth-order valence-corrected chi connectivity index (χ4v) is 3.11. The number of ether oxygens (including phenoxy) is 1. The van der Waals surface area contributed by atoms with Crippen molar-refractivity contribution < 1.29 is 9.84 Å². The molecule has 1 unspecified atom stereocenters. The van der Waals surface area contributed by atoms with Crippen LogP contribution in [0, 0.1) is 0 Å². The van der Waals surface area contributed by atoms with E-state index in [4.69, 9.17) is 27.9 Å². The van der Waals surface area contributed by atoms with Gasteiger partial charge in [0.2, 0.25) is 0 Å². The highest BCUT2D eigenvalue weighted by Crippen LogP contribution is 2.33. The quantitative estimate of drug-likeness (QED) is 0.910. The number of halogens is 2. The molecular weight excluding hydrogens is 291 g/mol. The number of methoxy groups -OCH3 is 1. The van der Waals surface area contributed by atoms with Gasteiger partial charge in [0.15, 0.2) is 0 Å². The maximum absolute atomic E-state index is 10.2. The third kappa shape index (κ3) is 2.98. The minimum atomic E-state index is -0.648. The fourth-order valence-electron chi connectivity index (χ4n) is 1.75. The number of aliphatic hydroxyl groups excluding tert-OH is 1. The molecule has 1 atom stereocenters. The summed E-state index contributed by atoms with van der Waals surface area (Å²) in [6.45, 7) is 0. The van der Waals surface area contributed by atoms with Gasteiger partial charge in [0.05, 0.1) is 23.1 Å². The Morgan fingerprint density at radius 2 is 2.11 bits per heavy atom. The summed E-state index contributed by atoms with van der Waals surface area (Å²) < 4.78 is 5.25. The van der Waals surface area contributed by atoms with Crippen LogP contribution in [0.3, 0.4) is 0 Å². The van der Waals surface area contributed by atoms with E-state index in [2.05, 4.69) is 0 Å². The summed E-state index contributed by atoms with van der Waals surface area (Å²) in [7, 11) is 1.59. The SMILES string of the molecule is COc1ccc(Cl)cc1CC(O)c1sccc1Cl. The van der Waals surface area contributed by atoms with Crippen molar-refractivity contribution >= 4 is 34.5 Å². The van der Waals surface area contributed by atoms with Gasteiger partial charge in [-0.25, -0.2) is 0 Å². The zero-order valence-corrected chi connectivity index (χ0v) is 12.0. The largest absolute Gasteiger partial charge is 0.496 e. The monoisotopic (exact) mass is 302 g/mol. The van der Waals surface area contributed by atoms with Crippen molar-refractivity contribution in [2.45, 2.75) is 12.5 Å². The van der Waals surface area contributed by atoms with E-state index in [1.54, 1.807) is 31.4 Å². The van der Waals surface area contributed by atoms with Gasteiger partial charge < -0.3 is 9.84 Å². The highest BCUT2D eigenvalue weighted by Gasteiger charge is 2.16. The molecular formula is C13H12Cl2O2S. The van der Waals surface area contributed by atoms with E-state index in [1.807, 2.05) is 5.38 Å². The summed E-state index contributed by atoms with van der Waals surface area (Å²) >= 11 is 13.4. The Labute approximate surface area is 120 Å². The maximum atomic E-state index is 10.2. The molecule has 0 aliphatic heterocycles. The fraction of sp³-hybridized carbons (Fsp3) is 0.231. The van der Waals surface area contributed by atoms with E-state index in [0.29, 0.717) is 22.2 Å². The molecule has 0 bridgehead atoms. The first-order valence-corrected chi connectivity index (χ1v) is 6.98. The van der Waals surface area contributed by atoms with Crippen molar-refractivity contribution in [3.63, 3.8) is 0 Å². The van der Waals surface area contributed by atoms with Gasteiger partial charge in [-0.3, -0.25) is 0 Å². The molecule has 1 aromatic heterocycles. The van der Waals surface area contributed by atoms with Crippen molar-refractivity contribution in [3.8, 4) is 5.75 Å². The smallest absolute Gasteiger partial charge is 0.122 e. The second-order valence-corrected chi connectivity index (χ2v) is 5.60. The van der Waals surface area contributed by atoms with Gasteiger partial charge in [0.1, 0.15) is 5.75 Å². The molecule has 5 heteroatoms. The Hall–Kier alpha value is -0.740. The molecule has 0 radical (unpaired) electrons. The lowest BCUT2D eigenvalue weighted by molar-refractivity contribution is 0.181. The Morgan fingerprint density at radius 1 is 1.33 bits per heavy atom. The van der Waals surface area contributed by atoms with Crippen molar-refractivity contribution in [2.24, 2.45) is 0 Å². The molecule has 1 heterocycles. The Bertz CT molecular complexity index is 540. The summed E-state index contributed by atoms with van der Waals surface area (Å²) in [6, 6.07) is 7.12. The number of hydrogen-bond donors (Lipinski definition) is 1. The molecule has 1 N–H and O–H groups in total. The summed E-state index contributed by atoms with van der Waals surface area (Å²) in [4.78, 5) is 0.763. The second-order valence-electron chi connectivity index (χ2n) is 3.81. The van der Waals surface area contributed by atoms with Gasteiger partial charge in [-0.1, -0.05) is 23.2 Å². The first-order chi connectivity index (χ1) is 8.61. The summed E-state index contributed by atoms with van der Waals surface area (Å²) in [5, 5.41) is 13.3. The van der Waals surface area contributed by atoms with Gasteiger partial charge in [-0.05, 0) is 35.2 Å². The standard InChI is InChI=1S/C13H12Cl2O2S/c1-17-12-3-2-9(14)6-8(12)7-11(16)13-10(15)4-5-18-13/h2-6,11,16H,7H2,1H3. The predicted molar refractivity (Wildman–Crippen MR) is 76.0 cm³/mol. The Kier molecular flexibility index (Phi) is 4.51. The maximum Gasteiger partial charge on any atom is 0.122 e. The van der Waals surface area contributed by atoms with Crippen LogP contribution < -0.4 is 4.74 Å². The first-order valence-electron chi connectivity index (χ1n) is 5.35. The van der Waals surface area contributed by atoms with Crippen LogP contribution in [0.25, 0.3) is 0 Å². The minimum absolute atomic E-state index is 0.421. The molecule has 0 amide bonds. The van der Waals surface area contributed by atoms with Gasteiger partial charge in [0, 0.05) is 11.4 Å². The number of thiophene rings is 1. The zero-order valence-electron chi connectivity index (χ0n) is 9.69. The highest BCUT2D eigenvalue weighted by atomic mass is 35.5. The van der Waals surface area contributed by atoms with Crippen LogP contribution in [0.2, 0.25) is 10.0 Å². The topological polar surface area (TPSA) is 29.5 Å². The summed E-state index contributed by atoms with van der Waals surface area (Å²) in [5.74, 6) is 0.714. The van der Waals surface area contributed by atoms with E-state index in [-0.39, 0.29) is 0 Å². The lowest BCUT2D eigenvalue weighted by Gasteiger charge is -2.13. The highest BCUT2D eigenvalue weighted by molar-refractivity contribution is 7.10. The summed E-state index contributed by atoms with van der Waals surface area (Å²) in [6.07, 6.45) is -0.228. The molecule has 2 aromatic rings. The van der Waals surface area contributed by atoms with E-state index < -0.39 is 6.10 Å². The van der Waals surface area contributed by atoms with Crippen LogP contribution in [-0.4, -0.2) is 12.2 Å². The number of aliphatic hydroxyl groups is 1. The number of rotatable bonds is 4. The summed E-state index contributed by atoms with van der Waals surface area (Å²) in [5.41, 5.74) is 0.863. The van der Waals surface area contributed by atoms with Crippen molar-refractivity contribution in [1.82, 2.24) is 0 Å². The van der Waals surface area contributed by atoms with Crippen LogP contribution in [0.15, 0.2) is 29.6 Å². The second kappa shape index (κ2) is 5.93. The van der Waals surface area contributed by atoms with Gasteiger partial charge in [-0.15, -0.1) is 11.3 Å². The van der Waals surface area contributed by atoms with E-state index >= 15 is 0 Å². The predicted octanol–water partition coefficient (Wildman–Crippen LogP) is 4.34. The molecule has 2 rings (SSSR count). The zero-order chi connectivity index (χ0) is 13.1. The lowest BCUT2D eigenvalue weighted by atomic mass is 10.1. The van der Waals surface area contributed by atoms with Crippen molar-refractivity contribution in [2.75, 3.05) is 7.11 Å². The molecule has 0 aliphatic rings. The van der Waals surface area contributed by atoms with E-state index in [9.17, 15) is 5.11 Å². The molecule has 0 fully saturated rings. The van der Waals surface area contributed by atoms with Crippen molar-refractivity contribution in [3.05, 3.63) is 50.1 Å². The third-order valence-corrected chi connectivity index (χ3v) is 4.30. The molecule has 18 heavy (non-hydrogen) atoms. The molecule has 0 spiro atoms. The number of benzene rings is 1. The molecule has 2 nitrogen and oxygen atoms in total. The Balaban J connectivity index is 2.23. The lowest BCUT2D eigenvalue weighted by Crippen LogP contribution is -2.02. The first kappa shape index (κ1) is 13.7. The van der Waals surface area contributed by atoms with Crippen LogP contribution in [0.5, 0.6) is 5.75 Å². The van der Waals surface area contributed by atoms with E-state index in [1.165, 1.54) is 11.3 Å². The van der Waals surface area contributed by atoms with Crippen LogP contribution >= 0.6 is 34.5 Å². The van der Waals surface area contributed by atoms with Gasteiger partial charge >= 0.3 is 0 Å². The molecule has 0 saturated carbocycles. The molecule has 1 aromatic carbocycles. The van der Waals surface area contributed by atoms with Crippen LogP contribution in [0.1, 0.15) is 16.5 Å². The van der Waals surface area contributed by atoms with Crippen LogP contribution in [0.4, 0.5) is 0 Å². The number of hydrogen-bond acceptors (Lipinski definition) is 3. The van der Waals surface area contributed by atoms with E-state index in [0.717, 1.165) is 10.4 Å². The molecule has 96 valence electrons. The minimum Gasteiger partial charge on any atom is -0.496 e.